The Kier molecular flexibility index (Phi) is 8.60. The van der Waals surface area contributed by atoms with Gasteiger partial charge in [0.25, 0.3) is 0 Å². The Hall–Kier alpha value is -3.10. The van der Waals surface area contributed by atoms with Gasteiger partial charge >= 0.3 is 0 Å². The van der Waals surface area contributed by atoms with Crippen molar-refractivity contribution in [3.63, 3.8) is 0 Å². The summed E-state index contributed by atoms with van der Waals surface area (Å²) in [5.41, 5.74) is 3.88. The summed E-state index contributed by atoms with van der Waals surface area (Å²) in [6, 6.07) is 20.1. The quantitative estimate of drug-likeness (QED) is 0.365. The summed E-state index contributed by atoms with van der Waals surface area (Å²) in [4.78, 5) is 28.2. The highest BCUT2D eigenvalue weighted by Crippen LogP contribution is 2.47. The monoisotopic (exact) mass is 491 g/mol. The zero-order valence-corrected chi connectivity index (χ0v) is 21.1. The minimum atomic E-state index is -0.527. The molecule has 0 saturated carbocycles. The normalized spacial score (nSPS) is 17.5. The minimum absolute atomic E-state index is 0.103. The lowest BCUT2D eigenvalue weighted by Gasteiger charge is -2.20. The maximum absolute atomic E-state index is 13.2. The van der Waals surface area contributed by atoms with Crippen molar-refractivity contribution in [1.82, 2.24) is 20.4 Å². The predicted octanol–water partition coefficient (Wildman–Crippen LogP) is 4.46. The summed E-state index contributed by atoms with van der Waals surface area (Å²) < 4.78 is 0. The van der Waals surface area contributed by atoms with E-state index in [2.05, 4.69) is 51.7 Å². The summed E-state index contributed by atoms with van der Waals surface area (Å²) in [6.45, 7) is 7.84. The standard InChI is InChI=1S/C27H33N5O2S/c1-3-32(4-2)17-11-16-28-22(33)18-21-27(34)29-26-23(25(35-21)20-14-9-6-10-15-20)24(30-31-26)19-12-7-5-8-13-19/h5-10,12-15,21,25H,3-4,11,16-18H2,1-2H3,(H,28,33)(H2,29,30,31,34). The van der Waals surface area contributed by atoms with E-state index in [1.165, 1.54) is 11.8 Å². The lowest BCUT2D eigenvalue weighted by molar-refractivity contribution is -0.124. The van der Waals surface area contributed by atoms with Crippen LogP contribution in [0.25, 0.3) is 11.3 Å². The average molecular weight is 492 g/mol. The molecule has 1 aromatic heterocycles. The van der Waals surface area contributed by atoms with Crippen LogP contribution in [-0.4, -0.2) is 58.3 Å². The number of thioether (sulfide) groups is 1. The Bertz CT molecular complexity index is 1120. The molecule has 2 amide bonds. The molecule has 0 radical (unpaired) electrons. The number of hydrogen-bond acceptors (Lipinski definition) is 5. The van der Waals surface area contributed by atoms with E-state index in [9.17, 15) is 9.59 Å². The molecule has 8 heteroatoms. The highest BCUT2D eigenvalue weighted by molar-refractivity contribution is 8.01. The first-order chi connectivity index (χ1) is 17.1. The number of H-pyrrole nitrogens is 1. The minimum Gasteiger partial charge on any atom is -0.356 e. The van der Waals surface area contributed by atoms with Crippen LogP contribution in [0.5, 0.6) is 0 Å². The second-order valence-electron chi connectivity index (χ2n) is 8.57. The predicted molar refractivity (Wildman–Crippen MR) is 142 cm³/mol. The summed E-state index contributed by atoms with van der Waals surface area (Å²) in [6.07, 6.45) is 1.01. The number of nitrogens with zero attached hydrogens (tertiary/aromatic N) is 2. The van der Waals surface area contributed by atoms with E-state index in [-0.39, 0.29) is 23.5 Å². The van der Waals surface area contributed by atoms with Crippen LogP contribution in [0, 0.1) is 0 Å². The van der Waals surface area contributed by atoms with Crippen LogP contribution in [0.3, 0.4) is 0 Å². The van der Waals surface area contributed by atoms with E-state index < -0.39 is 5.25 Å². The molecular weight excluding hydrogens is 458 g/mol. The average Bonchev–Trinajstić information content (AvgIpc) is 3.24. The first-order valence-corrected chi connectivity index (χ1v) is 13.2. The third-order valence-electron chi connectivity index (χ3n) is 6.30. The van der Waals surface area contributed by atoms with Crippen LogP contribution in [0.15, 0.2) is 60.7 Å². The molecule has 4 rings (SSSR count). The van der Waals surface area contributed by atoms with Gasteiger partial charge in [-0.2, -0.15) is 5.10 Å². The van der Waals surface area contributed by atoms with E-state index in [0.717, 1.165) is 48.4 Å². The van der Waals surface area contributed by atoms with Crippen molar-refractivity contribution in [2.24, 2.45) is 0 Å². The molecule has 3 aromatic rings. The first kappa shape index (κ1) is 25.0. The van der Waals surface area contributed by atoms with E-state index in [1.807, 2.05) is 48.5 Å². The number of nitrogens with one attached hydrogen (secondary N) is 3. The first-order valence-electron chi connectivity index (χ1n) is 12.2. The van der Waals surface area contributed by atoms with Crippen molar-refractivity contribution in [3.8, 4) is 11.3 Å². The van der Waals surface area contributed by atoms with Gasteiger partial charge in [0.2, 0.25) is 11.8 Å². The Morgan fingerprint density at radius 1 is 1.06 bits per heavy atom. The third-order valence-corrected chi connectivity index (χ3v) is 7.79. The van der Waals surface area contributed by atoms with Gasteiger partial charge in [0, 0.05) is 18.5 Å². The molecule has 35 heavy (non-hydrogen) atoms. The van der Waals surface area contributed by atoms with Gasteiger partial charge in [-0.3, -0.25) is 14.7 Å². The van der Waals surface area contributed by atoms with Gasteiger partial charge < -0.3 is 15.5 Å². The van der Waals surface area contributed by atoms with Gasteiger partial charge in [0.05, 0.1) is 16.2 Å². The number of hydrogen-bond donors (Lipinski definition) is 3. The van der Waals surface area contributed by atoms with Gasteiger partial charge in [0.1, 0.15) is 0 Å². The molecule has 0 bridgehead atoms. The summed E-state index contributed by atoms with van der Waals surface area (Å²) in [5.74, 6) is 0.227. The van der Waals surface area contributed by atoms with Crippen LogP contribution < -0.4 is 10.6 Å². The van der Waals surface area contributed by atoms with Gasteiger partial charge in [0.15, 0.2) is 5.82 Å². The Morgan fingerprint density at radius 2 is 1.74 bits per heavy atom. The lowest BCUT2D eigenvalue weighted by atomic mass is 10.00. The van der Waals surface area contributed by atoms with Gasteiger partial charge in [-0.05, 0) is 37.2 Å². The molecule has 2 atom stereocenters. The maximum Gasteiger partial charge on any atom is 0.239 e. The Morgan fingerprint density at radius 3 is 2.43 bits per heavy atom. The summed E-state index contributed by atoms with van der Waals surface area (Å²) in [5, 5.41) is 12.9. The second kappa shape index (κ2) is 12.0. The van der Waals surface area contributed by atoms with Crippen molar-refractivity contribution >= 4 is 29.4 Å². The van der Waals surface area contributed by atoms with Crippen LogP contribution >= 0.6 is 11.8 Å². The topological polar surface area (TPSA) is 90.1 Å². The number of anilines is 1. The number of carbonyl (C=O) groups excluding carboxylic acids is 2. The molecule has 0 fully saturated rings. The summed E-state index contributed by atoms with van der Waals surface area (Å²) in [7, 11) is 0. The number of fused-ring (bicyclic) bond motifs is 1. The third kappa shape index (κ3) is 6.13. The highest BCUT2D eigenvalue weighted by atomic mass is 32.2. The second-order valence-corrected chi connectivity index (χ2v) is 9.88. The van der Waals surface area contributed by atoms with Crippen molar-refractivity contribution in [3.05, 3.63) is 71.8 Å². The smallest absolute Gasteiger partial charge is 0.239 e. The fraction of sp³-hybridized carbons (Fsp3) is 0.370. The zero-order chi connectivity index (χ0) is 24.6. The molecule has 2 aromatic carbocycles. The number of aromatic nitrogens is 2. The Balaban J connectivity index is 1.53. The van der Waals surface area contributed by atoms with Crippen LogP contribution in [0.4, 0.5) is 5.82 Å². The van der Waals surface area contributed by atoms with Crippen LogP contribution in [0.2, 0.25) is 0 Å². The van der Waals surface area contributed by atoms with E-state index in [1.54, 1.807) is 0 Å². The molecule has 1 aliphatic rings. The van der Waals surface area contributed by atoms with Crippen LogP contribution in [0.1, 0.15) is 43.1 Å². The maximum atomic E-state index is 13.2. The number of amides is 2. The van der Waals surface area contributed by atoms with Gasteiger partial charge in [-0.1, -0.05) is 74.5 Å². The fourth-order valence-corrected chi connectivity index (χ4v) is 5.78. The van der Waals surface area contributed by atoms with Crippen molar-refractivity contribution in [2.45, 2.75) is 37.2 Å². The Labute approximate surface area is 211 Å². The van der Waals surface area contributed by atoms with Gasteiger partial charge in [-0.15, -0.1) is 11.8 Å². The number of carbonyl (C=O) groups is 2. The SMILES string of the molecule is CCN(CC)CCCNC(=O)CC1SC(c2ccccc2)c2c(n[nH]c2-c2ccccc2)NC1=O. The lowest BCUT2D eigenvalue weighted by Crippen LogP contribution is -2.34. The highest BCUT2D eigenvalue weighted by Gasteiger charge is 2.36. The molecule has 3 N–H and O–H groups in total. The zero-order valence-electron chi connectivity index (χ0n) is 20.3. The van der Waals surface area contributed by atoms with Crippen molar-refractivity contribution in [2.75, 3.05) is 31.5 Å². The molecular formula is C27H33N5O2S. The van der Waals surface area contributed by atoms with E-state index >= 15 is 0 Å². The molecule has 2 unspecified atom stereocenters. The largest absolute Gasteiger partial charge is 0.356 e. The van der Waals surface area contributed by atoms with Crippen molar-refractivity contribution in [1.29, 1.82) is 0 Å². The fourth-order valence-electron chi connectivity index (χ4n) is 4.34. The molecule has 0 aliphatic carbocycles. The molecule has 0 saturated heterocycles. The van der Waals surface area contributed by atoms with E-state index in [0.29, 0.717) is 12.4 Å². The molecule has 184 valence electrons. The molecule has 0 spiro atoms. The van der Waals surface area contributed by atoms with Crippen molar-refractivity contribution < 1.29 is 9.59 Å². The molecule has 7 nitrogen and oxygen atoms in total. The molecule has 2 heterocycles. The van der Waals surface area contributed by atoms with E-state index in [4.69, 9.17) is 0 Å². The van der Waals surface area contributed by atoms with Crippen LogP contribution in [-0.2, 0) is 9.59 Å². The number of benzene rings is 2. The number of rotatable bonds is 10. The summed E-state index contributed by atoms with van der Waals surface area (Å²) >= 11 is 1.51. The number of aromatic amines is 1. The van der Waals surface area contributed by atoms with Gasteiger partial charge in [-0.25, -0.2) is 0 Å². The molecule has 1 aliphatic heterocycles.